The number of carbonyl (C=O) groups is 3. The molecular weight excluding hydrogens is 422 g/mol. The Labute approximate surface area is 192 Å². The first-order valence-corrected chi connectivity index (χ1v) is 12.4. The Morgan fingerprint density at radius 2 is 1.44 bits per heavy atom. The molecule has 0 atom stereocenters. The SMILES string of the molecule is O=C(CC12CC3CC(CC(C3)C1)C2)NCC(=O)Nc1ccc(NC(=O)c2cccs2)cc1. The molecule has 4 saturated carbocycles. The summed E-state index contributed by atoms with van der Waals surface area (Å²) >= 11 is 1.38. The number of hydrogen-bond donors (Lipinski definition) is 3. The summed E-state index contributed by atoms with van der Waals surface area (Å²) in [6, 6.07) is 10.6. The highest BCUT2D eigenvalue weighted by Crippen LogP contribution is 2.61. The fraction of sp³-hybridized carbons (Fsp3) is 0.480. The van der Waals surface area contributed by atoms with Crippen LogP contribution in [0.25, 0.3) is 0 Å². The lowest BCUT2D eigenvalue weighted by Crippen LogP contribution is -2.48. The summed E-state index contributed by atoms with van der Waals surface area (Å²) in [5.41, 5.74) is 1.46. The molecular formula is C25H29N3O3S. The van der Waals surface area contributed by atoms with Crippen molar-refractivity contribution in [3.8, 4) is 0 Å². The van der Waals surface area contributed by atoms with Crippen molar-refractivity contribution in [2.24, 2.45) is 23.2 Å². The van der Waals surface area contributed by atoms with Gasteiger partial charge >= 0.3 is 0 Å². The molecule has 6 nitrogen and oxygen atoms in total. The van der Waals surface area contributed by atoms with Crippen LogP contribution >= 0.6 is 11.3 Å². The molecule has 168 valence electrons. The quantitative estimate of drug-likeness (QED) is 0.572. The highest BCUT2D eigenvalue weighted by molar-refractivity contribution is 7.12. The minimum absolute atomic E-state index is 0.00580. The van der Waals surface area contributed by atoms with Gasteiger partial charge in [0.2, 0.25) is 11.8 Å². The van der Waals surface area contributed by atoms with Gasteiger partial charge in [0.25, 0.3) is 5.91 Å². The van der Waals surface area contributed by atoms with E-state index < -0.39 is 0 Å². The normalized spacial score (nSPS) is 27.7. The van der Waals surface area contributed by atoms with E-state index in [-0.39, 0.29) is 29.7 Å². The maximum absolute atomic E-state index is 12.6. The fourth-order valence-electron chi connectivity index (χ4n) is 6.53. The zero-order valence-corrected chi connectivity index (χ0v) is 18.9. The molecule has 4 aliphatic carbocycles. The average molecular weight is 452 g/mol. The van der Waals surface area contributed by atoms with Crippen molar-refractivity contribution < 1.29 is 14.4 Å². The van der Waals surface area contributed by atoms with Crippen LogP contribution in [0.5, 0.6) is 0 Å². The van der Waals surface area contributed by atoms with E-state index in [0.29, 0.717) is 22.7 Å². The second-order valence-corrected chi connectivity index (χ2v) is 10.9. The molecule has 0 aliphatic heterocycles. The van der Waals surface area contributed by atoms with Gasteiger partial charge in [0.1, 0.15) is 0 Å². The molecule has 3 N–H and O–H groups in total. The summed E-state index contributed by atoms with van der Waals surface area (Å²) in [6.07, 6.45) is 8.21. The molecule has 3 amide bonds. The average Bonchev–Trinajstić information content (AvgIpc) is 3.27. The van der Waals surface area contributed by atoms with Crippen molar-refractivity contribution in [1.82, 2.24) is 5.32 Å². The van der Waals surface area contributed by atoms with E-state index in [1.807, 2.05) is 11.4 Å². The van der Waals surface area contributed by atoms with Gasteiger partial charge in [0.15, 0.2) is 0 Å². The third kappa shape index (κ3) is 4.72. The molecule has 7 heteroatoms. The van der Waals surface area contributed by atoms with Crippen LogP contribution in [-0.2, 0) is 9.59 Å². The Morgan fingerprint density at radius 3 is 2.00 bits per heavy atom. The van der Waals surface area contributed by atoms with Gasteiger partial charge in [-0.2, -0.15) is 0 Å². The highest BCUT2D eigenvalue weighted by atomic mass is 32.1. The van der Waals surface area contributed by atoms with Gasteiger partial charge in [-0.1, -0.05) is 6.07 Å². The van der Waals surface area contributed by atoms with Crippen LogP contribution in [-0.4, -0.2) is 24.3 Å². The first kappa shape index (κ1) is 21.2. The lowest BCUT2D eigenvalue weighted by atomic mass is 9.49. The number of benzene rings is 1. The second-order valence-electron chi connectivity index (χ2n) is 9.93. The Morgan fingerprint density at radius 1 is 0.844 bits per heavy atom. The number of nitrogens with one attached hydrogen (secondary N) is 3. The van der Waals surface area contributed by atoms with E-state index in [9.17, 15) is 14.4 Å². The van der Waals surface area contributed by atoms with E-state index in [0.717, 1.165) is 17.8 Å². The Kier molecular flexibility index (Phi) is 5.76. The maximum Gasteiger partial charge on any atom is 0.265 e. The minimum Gasteiger partial charge on any atom is -0.347 e. The molecule has 6 rings (SSSR count). The molecule has 2 aromatic rings. The maximum atomic E-state index is 12.6. The van der Waals surface area contributed by atoms with Gasteiger partial charge in [0.05, 0.1) is 11.4 Å². The molecule has 1 aromatic heterocycles. The van der Waals surface area contributed by atoms with E-state index in [2.05, 4.69) is 16.0 Å². The zero-order valence-electron chi connectivity index (χ0n) is 18.1. The largest absolute Gasteiger partial charge is 0.347 e. The number of amides is 3. The molecule has 0 radical (unpaired) electrons. The standard InChI is InChI=1S/C25H29N3O3S/c29-22(14-25-11-16-8-17(12-25)10-18(9-16)13-25)26-15-23(30)27-19-3-5-20(6-4-19)28-24(31)21-2-1-7-32-21/h1-7,16-18H,8-15H2,(H,26,29)(H,27,30)(H,28,31). The van der Waals surface area contributed by atoms with Crippen LogP contribution in [0.3, 0.4) is 0 Å². The van der Waals surface area contributed by atoms with Gasteiger partial charge in [-0.05, 0) is 97.4 Å². The fourth-order valence-corrected chi connectivity index (χ4v) is 7.15. The second kappa shape index (κ2) is 8.70. The monoisotopic (exact) mass is 451 g/mol. The summed E-state index contributed by atoms with van der Waals surface area (Å²) in [5, 5.41) is 10.3. The molecule has 0 unspecified atom stereocenters. The van der Waals surface area contributed by atoms with E-state index >= 15 is 0 Å². The van der Waals surface area contributed by atoms with Gasteiger partial charge in [0, 0.05) is 17.8 Å². The van der Waals surface area contributed by atoms with Crippen molar-refractivity contribution in [3.63, 3.8) is 0 Å². The molecule has 1 heterocycles. The Bertz CT molecular complexity index is 965. The van der Waals surface area contributed by atoms with Crippen LogP contribution in [0.1, 0.15) is 54.6 Å². The topological polar surface area (TPSA) is 87.3 Å². The van der Waals surface area contributed by atoms with Crippen molar-refractivity contribution in [2.45, 2.75) is 44.9 Å². The molecule has 0 spiro atoms. The molecule has 32 heavy (non-hydrogen) atoms. The van der Waals surface area contributed by atoms with Crippen molar-refractivity contribution in [1.29, 1.82) is 0 Å². The Balaban J connectivity index is 1.07. The Hall–Kier alpha value is -2.67. The lowest BCUT2D eigenvalue weighted by Gasteiger charge is -2.56. The summed E-state index contributed by atoms with van der Waals surface area (Å²) < 4.78 is 0. The predicted octanol–water partition coefficient (Wildman–Crippen LogP) is 4.66. The molecule has 4 bridgehead atoms. The summed E-state index contributed by atoms with van der Waals surface area (Å²) in [6.45, 7) is -0.0257. The molecule has 4 fully saturated rings. The van der Waals surface area contributed by atoms with Gasteiger partial charge in [-0.3, -0.25) is 14.4 Å². The molecule has 0 saturated heterocycles. The smallest absolute Gasteiger partial charge is 0.265 e. The van der Waals surface area contributed by atoms with Crippen LogP contribution in [0.15, 0.2) is 41.8 Å². The van der Waals surface area contributed by atoms with E-state index in [1.54, 1.807) is 30.3 Å². The summed E-state index contributed by atoms with van der Waals surface area (Å²) in [5.74, 6) is 2.03. The number of hydrogen-bond acceptors (Lipinski definition) is 4. The van der Waals surface area contributed by atoms with E-state index in [4.69, 9.17) is 0 Å². The number of anilines is 2. The first-order valence-electron chi connectivity index (χ1n) is 11.5. The molecule has 1 aromatic carbocycles. The number of rotatable bonds is 7. The highest BCUT2D eigenvalue weighted by Gasteiger charge is 2.51. The third-order valence-electron chi connectivity index (χ3n) is 7.32. The molecule has 4 aliphatic rings. The predicted molar refractivity (Wildman–Crippen MR) is 126 cm³/mol. The van der Waals surface area contributed by atoms with Crippen molar-refractivity contribution in [3.05, 3.63) is 46.7 Å². The van der Waals surface area contributed by atoms with Crippen LogP contribution in [0.4, 0.5) is 11.4 Å². The minimum atomic E-state index is -0.251. The van der Waals surface area contributed by atoms with Gasteiger partial charge in [-0.15, -0.1) is 11.3 Å². The van der Waals surface area contributed by atoms with Crippen molar-refractivity contribution in [2.75, 3.05) is 17.2 Å². The van der Waals surface area contributed by atoms with Gasteiger partial charge in [-0.25, -0.2) is 0 Å². The van der Waals surface area contributed by atoms with Crippen LogP contribution < -0.4 is 16.0 Å². The van der Waals surface area contributed by atoms with E-state index in [1.165, 1.54) is 49.9 Å². The van der Waals surface area contributed by atoms with Gasteiger partial charge < -0.3 is 16.0 Å². The first-order chi connectivity index (χ1) is 15.5. The summed E-state index contributed by atoms with van der Waals surface area (Å²) in [4.78, 5) is 37.7. The number of carbonyl (C=O) groups excluding carboxylic acids is 3. The lowest BCUT2D eigenvalue weighted by molar-refractivity contribution is -0.131. The summed E-state index contributed by atoms with van der Waals surface area (Å²) in [7, 11) is 0. The zero-order chi connectivity index (χ0) is 22.1. The van der Waals surface area contributed by atoms with Crippen LogP contribution in [0, 0.1) is 23.2 Å². The number of thiophene rings is 1. The third-order valence-corrected chi connectivity index (χ3v) is 8.19. The van der Waals surface area contributed by atoms with Crippen LogP contribution in [0.2, 0.25) is 0 Å². The van der Waals surface area contributed by atoms with Crippen molar-refractivity contribution >= 4 is 40.4 Å².